The molecule has 0 saturated heterocycles. The van der Waals surface area contributed by atoms with Crippen LogP contribution in [0.5, 0.6) is 0 Å². The van der Waals surface area contributed by atoms with Crippen molar-refractivity contribution in [3.63, 3.8) is 0 Å². The summed E-state index contributed by atoms with van der Waals surface area (Å²) in [5.74, 6) is 0.781. The van der Waals surface area contributed by atoms with E-state index in [0.717, 1.165) is 18.4 Å². The third kappa shape index (κ3) is 5.06. The molecule has 1 saturated carbocycles. The van der Waals surface area contributed by atoms with Gasteiger partial charge in [-0.05, 0) is 25.0 Å². The van der Waals surface area contributed by atoms with Gasteiger partial charge in [-0.25, -0.2) is 0 Å². The second-order valence-corrected chi connectivity index (χ2v) is 6.93. The van der Waals surface area contributed by atoms with E-state index >= 15 is 0 Å². The molecule has 7 heteroatoms. The monoisotopic (exact) mass is 346 g/mol. The minimum atomic E-state index is 0.0363. The Balaban J connectivity index is 1.47. The summed E-state index contributed by atoms with van der Waals surface area (Å²) < 4.78 is 5.58. The molecule has 2 aromatic heterocycles. The number of hydrogen-bond acceptors (Lipinski definition) is 6. The van der Waals surface area contributed by atoms with Crippen LogP contribution in [-0.2, 0) is 4.79 Å². The van der Waals surface area contributed by atoms with Gasteiger partial charge < -0.3 is 9.73 Å². The van der Waals surface area contributed by atoms with Crippen LogP contribution in [0, 0.1) is 0 Å². The van der Waals surface area contributed by atoms with E-state index in [4.69, 9.17) is 4.42 Å². The van der Waals surface area contributed by atoms with Crippen molar-refractivity contribution >= 4 is 17.7 Å². The first kappa shape index (κ1) is 17.0. The fourth-order valence-electron chi connectivity index (χ4n) is 2.88. The predicted octanol–water partition coefficient (Wildman–Crippen LogP) is 3.45. The zero-order valence-electron chi connectivity index (χ0n) is 13.6. The van der Waals surface area contributed by atoms with E-state index in [9.17, 15) is 4.79 Å². The number of carbonyl (C=O) groups is 1. The van der Waals surface area contributed by atoms with Gasteiger partial charge in [-0.15, -0.1) is 10.2 Å². The molecule has 0 radical (unpaired) electrons. The van der Waals surface area contributed by atoms with Crippen LogP contribution < -0.4 is 5.32 Å². The third-order valence-electron chi connectivity index (χ3n) is 4.13. The number of carbonyl (C=O) groups excluding carboxylic acids is 1. The molecule has 0 unspecified atom stereocenters. The molecule has 1 N–H and O–H groups in total. The van der Waals surface area contributed by atoms with Crippen molar-refractivity contribution in [2.24, 2.45) is 0 Å². The molecule has 128 valence electrons. The topological polar surface area (TPSA) is 80.9 Å². The molecular formula is C17H22N4O2S. The van der Waals surface area contributed by atoms with E-state index in [1.165, 1.54) is 43.9 Å². The summed E-state index contributed by atoms with van der Waals surface area (Å²) in [6, 6.07) is 3.93. The molecule has 24 heavy (non-hydrogen) atoms. The van der Waals surface area contributed by atoms with Crippen LogP contribution in [0.25, 0.3) is 11.5 Å². The minimum absolute atomic E-state index is 0.0363. The maximum atomic E-state index is 12.1. The first-order chi connectivity index (χ1) is 11.8. The molecule has 0 bridgehead atoms. The molecule has 2 aromatic rings. The van der Waals surface area contributed by atoms with Crippen molar-refractivity contribution < 1.29 is 9.21 Å². The number of pyridine rings is 1. The van der Waals surface area contributed by atoms with Crippen molar-refractivity contribution in [3.05, 3.63) is 24.5 Å². The summed E-state index contributed by atoms with van der Waals surface area (Å²) in [7, 11) is 0. The van der Waals surface area contributed by atoms with Crippen LogP contribution in [0.2, 0.25) is 0 Å². The largest absolute Gasteiger partial charge is 0.411 e. The first-order valence-corrected chi connectivity index (χ1v) is 9.46. The van der Waals surface area contributed by atoms with Crippen molar-refractivity contribution in [1.82, 2.24) is 20.5 Å². The number of nitrogens with zero attached hydrogens (tertiary/aromatic N) is 3. The standard InChI is InChI=1S/C17H22N4O2S/c22-15(19-14-6-4-2-1-3-5-7-14)12-24-17-21-20-16(23-17)13-8-10-18-11-9-13/h8-11,14H,1-7,12H2,(H,19,22). The Morgan fingerprint density at radius 1 is 1.12 bits per heavy atom. The molecule has 0 aromatic carbocycles. The van der Waals surface area contributed by atoms with Gasteiger partial charge in [0, 0.05) is 24.0 Å². The van der Waals surface area contributed by atoms with Crippen LogP contribution in [0.15, 0.2) is 34.2 Å². The summed E-state index contributed by atoms with van der Waals surface area (Å²) in [6.45, 7) is 0. The average molecular weight is 346 g/mol. The van der Waals surface area contributed by atoms with Crippen LogP contribution in [0.4, 0.5) is 0 Å². The minimum Gasteiger partial charge on any atom is -0.411 e. The Morgan fingerprint density at radius 2 is 1.83 bits per heavy atom. The highest BCUT2D eigenvalue weighted by Crippen LogP contribution is 2.22. The van der Waals surface area contributed by atoms with E-state index < -0.39 is 0 Å². The molecule has 3 rings (SSSR count). The van der Waals surface area contributed by atoms with Gasteiger partial charge in [-0.1, -0.05) is 43.9 Å². The molecule has 1 aliphatic rings. The van der Waals surface area contributed by atoms with Gasteiger partial charge in [0.2, 0.25) is 11.8 Å². The Kier molecular flexibility index (Phi) is 6.23. The molecule has 6 nitrogen and oxygen atoms in total. The van der Waals surface area contributed by atoms with E-state index in [1.54, 1.807) is 12.4 Å². The molecule has 2 heterocycles. The highest BCUT2D eigenvalue weighted by molar-refractivity contribution is 7.99. The summed E-state index contributed by atoms with van der Waals surface area (Å²) in [5.41, 5.74) is 0.823. The molecule has 1 aliphatic carbocycles. The highest BCUT2D eigenvalue weighted by atomic mass is 32.2. The summed E-state index contributed by atoms with van der Waals surface area (Å²) >= 11 is 1.27. The summed E-state index contributed by atoms with van der Waals surface area (Å²) in [4.78, 5) is 16.1. The van der Waals surface area contributed by atoms with Gasteiger partial charge in [-0.3, -0.25) is 9.78 Å². The average Bonchev–Trinajstić information content (AvgIpc) is 3.05. The molecular weight excluding hydrogens is 324 g/mol. The van der Waals surface area contributed by atoms with Crippen molar-refractivity contribution in [1.29, 1.82) is 0 Å². The van der Waals surface area contributed by atoms with Crippen molar-refractivity contribution in [3.8, 4) is 11.5 Å². The Hall–Kier alpha value is -1.89. The zero-order chi connectivity index (χ0) is 16.6. The lowest BCUT2D eigenvalue weighted by Crippen LogP contribution is -2.36. The van der Waals surface area contributed by atoms with Gasteiger partial charge in [0.25, 0.3) is 5.22 Å². The molecule has 0 atom stereocenters. The third-order valence-corrected chi connectivity index (χ3v) is 4.95. The zero-order valence-corrected chi connectivity index (χ0v) is 14.4. The van der Waals surface area contributed by atoms with Crippen molar-refractivity contribution in [2.75, 3.05) is 5.75 Å². The fraction of sp³-hybridized carbons (Fsp3) is 0.529. The van der Waals surface area contributed by atoms with Gasteiger partial charge in [-0.2, -0.15) is 0 Å². The second kappa shape index (κ2) is 8.82. The first-order valence-electron chi connectivity index (χ1n) is 8.47. The Morgan fingerprint density at radius 3 is 2.58 bits per heavy atom. The lowest BCUT2D eigenvalue weighted by molar-refractivity contribution is -0.119. The summed E-state index contributed by atoms with van der Waals surface area (Å²) in [5, 5.41) is 11.5. The lowest BCUT2D eigenvalue weighted by atomic mass is 9.97. The number of nitrogens with one attached hydrogen (secondary N) is 1. The number of hydrogen-bond donors (Lipinski definition) is 1. The number of thioether (sulfide) groups is 1. The molecule has 0 aliphatic heterocycles. The maximum absolute atomic E-state index is 12.1. The van der Waals surface area contributed by atoms with Crippen LogP contribution in [0.1, 0.15) is 44.9 Å². The van der Waals surface area contributed by atoms with Crippen LogP contribution >= 0.6 is 11.8 Å². The molecule has 0 spiro atoms. The van der Waals surface area contributed by atoms with Crippen LogP contribution in [-0.4, -0.2) is 32.9 Å². The van der Waals surface area contributed by atoms with Gasteiger partial charge in [0.15, 0.2) is 0 Å². The SMILES string of the molecule is O=C(CSc1nnc(-c2ccncc2)o1)NC1CCCCCCC1. The lowest BCUT2D eigenvalue weighted by Gasteiger charge is -2.20. The summed E-state index contributed by atoms with van der Waals surface area (Å²) in [6.07, 6.45) is 11.8. The second-order valence-electron chi connectivity index (χ2n) is 6.01. The van der Waals surface area contributed by atoms with Crippen molar-refractivity contribution in [2.45, 2.75) is 56.2 Å². The van der Waals surface area contributed by atoms with E-state index in [0.29, 0.717) is 22.9 Å². The highest BCUT2D eigenvalue weighted by Gasteiger charge is 2.15. The molecule has 1 amide bonds. The maximum Gasteiger partial charge on any atom is 0.277 e. The quantitative estimate of drug-likeness (QED) is 0.835. The van der Waals surface area contributed by atoms with E-state index in [-0.39, 0.29) is 5.91 Å². The Labute approximate surface area is 145 Å². The number of amides is 1. The smallest absolute Gasteiger partial charge is 0.277 e. The molecule has 1 fully saturated rings. The van der Waals surface area contributed by atoms with Gasteiger partial charge in [0.1, 0.15) is 0 Å². The predicted molar refractivity (Wildman–Crippen MR) is 92.5 cm³/mol. The van der Waals surface area contributed by atoms with E-state index in [1.807, 2.05) is 12.1 Å². The number of rotatable bonds is 5. The fourth-order valence-corrected chi connectivity index (χ4v) is 3.45. The van der Waals surface area contributed by atoms with Gasteiger partial charge in [0.05, 0.1) is 5.75 Å². The van der Waals surface area contributed by atoms with Gasteiger partial charge >= 0.3 is 0 Å². The number of aromatic nitrogens is 3. The Bertz CT molecular complexity index is 639. The van der Waals surface area contributed by atoms with Crippen LogP contribution in [0.3, 0.4) is 0 Å². The van der Waals surface area contributed by atoms with E-state index in [2.05, 4.69) is 20.5 Å². The normalized spacial score (nSPS) is 16.3.